The van der Waals surface area contributed by atoms with Crippen LogP contribution in [0.1, 0.15) is 12.8 Å². The molecule has 0 atom stereocenters. The Balaban J connectivity index is 2.71. The Hall–Kier alpha value is -0.0162. The quantitative estimate of drug-likeness (QED) is 0.192. The van der Waals surface area contributed by atoms with Crippen molar-refractivity contribution >= 4 is 41.1 Å². The highest BCUT2D eigenvalue weighted by Crippen LogP contribution is 2.35. The maximum Gasteiger partial charge on any atom is 0.500 e. The second-order valence-corrected chi connectivity index (χ2v) is 16.8. The first kappa shape index (κ1) is 28.0. The van der Waals surface area contributed by atoms with Gasteiger partial charge in [-0.25, -0.2) is 0 Å². The lowest BCUT2D eigenvalue weighted by Gasteiger charge is -2.28. The van der Waals surface area contributed by atoms with E-state index in [9.17, 15) is 0 Å². The summed E-state index contributed by atoms with van der Waals surface area (Å²) in [5, 5.41) is 8.27. The number of hydrogen-bond acceptors (Lipinski definition) is 7. The van der Waals surface area contributed by atoms with Crippen molar-refractivity contribution in [1.29, 1.82) is 0 Å². The summed E-state index contributed by atoms with van der Waals surface area (Å²) < 4.78 is 33.0. The van der Waals surface area contributed by atoms with Crippen LogP contribution in [0.15, 0.2) is 30.3 Å². The molecule has 12 heteroatoms. The fourth-order valence-electron chi connectivity index (χ4n) is 3.07. The Morgan fingerprint density at radius 1 is 0.700 bits per heavy atom. The monoisotopic (exact) mass is 496 g/mol. The molecule has 0 bridgehead atoms. The summed E-state index contributed by atoms with van der Waals surface area (Å²) in [7, 11) is 4.63. The standard InChI is InChI=1S/C18H37N2O6PSSi2/c1-21-29(22-2,23-3)16-10-14-19-27(28,18-12-8-7-9-13-18)20-15-11-17-30(24-4,25-5)26-6/h7-9,12-13H,10-11,14-17H2,1-6H3,(H2,19,20,28). The van der Waals surface area contributed by atoms with Crippen LogP contribution in [-0.2, 0) is 38.4 Å². The van der Waals surface area contributed by atoms with Gasteiger partial charge in [-0.1, -0.05) is 42.1 Å². The zero-order valence-corrected chi connectivity index (χ0v) is 22.6. The van der Waals surface area contributed by atoms with E-state index in [1.165, 1.54) is 0 Å². The summed E-state index contributed by atoms with van der Waals surface area (Å²) >= 11 is 6.08. The second-order valence-electron chi connectivity index (χ2n) is 6.56. The largest absolute Gasteiger partial charge is 0.500 e. The van der Waals surface area contributed by atoms with Gasteiger partial charge >= 0.3 is 17.6 Å². The zero-order valence-electron chi connectivity index (χ0n) is 18.9. The summed E-state index contributed by atoms with van der Waals surface area (Å²) in [5.41, 5.74) is 0. The van der Waals surface area contributed by atoms with Gasteiger partial charge in [0.2, 0.25) is 0 Å². The molecular formula is C18H37N2O6PSSi2. The summed E-state index contributed by atoms with van der Waals surface area (Å²) in [4.78, 5) is 0. The molecule has 0 saturated heterocycles. The van der Waals surface area contributed by atoms with E-state index in [-0.39, 0.29) is 0 Å². The van der Waals surface area contributed by atoms with Crippen molar-refractivity contribution in [2.75, 3.05) is 55.7 Å². The lowest BCUT2D eigenvalue weighted by molar-refractivity contribution is 0.122. The molecule has 1 rings (SSSR count). The molecule has 0 unspecified atom stereocenters. The predicted octanol–water partition coefficient (Wildman–Crippen LogP) is 2.34. The van der Waals surface area contributed by atoms with Crippen LogP contribution < -0.4 is 15.5 Å². The van der Waals surface area contributed by atoms with Gasteiger partial charge in [-0.05, 0) is 12.8 Å². The minimum absolute atomic E-state index is 0.720. The van der Waals surface area contributed by atoms with E-state index in [2.05, 4.69) is 22.3 Å². The van der Waals surface area contributed by atoms with Crippen molar-refractivity contribution in [3.05, 3.63) is 30.3 Å². The summed E-state index contributed by atoms with van der Waals surface area (Å²) in [5.74, 6) is 0. The Bertz CT molecular complexity index is 590. The molecule has 0 fully saturated rings. The lowest BCUT2D eigenvalue weighted by atomic mass is 10.4. The molecule has 0 spiro atoms. The van der Waals surface area contributed by atoms with Crippen molar-refractivity contribution in [1.82, 2.24) is 10.2 Å². The zero-order chi connectivity index (χ0) is 22.5. The minimum atomic E-state index is -2.58. The van der Waals surface area contributed by atoms with Crippen LogP contribution in [0, 0.1) is 0 Å². The van der Waals surface area contributed by atoms with Gasteiger partial charge in [0.15, 0.2) is 0 Å². The first-order chi connectivity index (χ1) is 14.4. The van der Waals surface area contributed by atoms with Gasteiger partial charge in [0.25, 0.3) is 0 Å². The molecule has 8 nitrogen and oxygen atoms in total. The number of nitrogens with one attached hydrogen (secondary N) is 2. The van der Waals surface area contributed by atoms with E-state index in [4.69, 9.17) is 38.4 Å². The van der Waals surface area contributed by atoms with E-state index in [0.717, 1.165) is 43.3 Å². The van der Waals surface area contributed by atoms with Gasteiger partial charge in [0.1, 0.15) is 6.34 Å². The van der Waals surface area contributed by atoms with Crippen LogP contribution in [-0.4, -0.2) is 73.4 Å². The van der Waals surface area contributed by atoms with Crippen LogP contribution in [0.25, 0.3) is 0 Å². The number of hydrogen-bond donors (Lipinski definition) is 2. The molecule has 0 aromatic heterocycles. The second kappa shape index (κ2) is 14.2. The van der Waals surface area contributed by atoms with E-state index in [0.29, 0.717) is 0 Å². The molecular weight excluding hydrogens is 459 g/mol. The molecule has 0 radical (unpaired) electrons. The third-order valence-corrected chi connectivity index (χ3v) is 14.4. The smallest absolute Gasteiger partial charge is 0.377 e. The van der Waals surface area contributed by atoms with E-state index in [1.807, 2.05) is 18.2 Å². The van der Waals surface area contributed by atoms with E-state index in [1.54, 1.807) is 42.7 Å². The molecule has 2 N–H and O–H groups in total. The third-order valence-electron chi connectivity index (χ3n) is 4.97. The highest BCUT2D eigenvalue weighted by atomic mass is 32.4. The Kier molecular flexibility index (Phi) is 13.3. The maximum atomic E-state index is 6.08. The van der Waals surface area contributed by atoms with Crippen molar-refractivity contribution in [3.8, 4) is 0 Å². The highest BCUT2D eigenvalue weighted by Gasteiger charge is 2.38. The maximum absolute atomic E-state index is 6.08. The molecule has 30 heavy (non-hydrogen) atoms. The molecule has 0 amide bonds. The Morgan fingerprint density at radius 3 is 1.40 bits per heavy atom. The summed E-state index contributed by atoms with van der Waals surface area (Å²) in [6.07, 6.45) is -0.497. The van der Waals surface area contributed by atoms with Gasteiger partial charge in [0, 0.05) is 73.1 Å². The normalized spacial score (nSPS) is 13.0. The van der Waals surface area contributed by atoms with Crippen molar-refractivity contribution in [2.45, 2.75) is 24.9 Å². The van der Waals surface area contributed by atoms with Crippen molar-refractivity contribution in [2.24, 2.45) is 0 Å². The molecule has 174 valence electrons. The Labute approximate surface area is 188 Å². The predicted molar refractivity (Wildman–Crippen MR) is 129 cm³/mol. The molecule has 0 aliphatic carbocycles. The Morgan fingerprint density at radius 2 is 1.07 bits per heavy atom. The topological polar surface area (TPSA) is 79.4 Å². The van der Waals surface area contributed by atoms with E-state index < -0.39 is 23.9 Å². The number of rotatable bonds is 17. The fourth-order valence-corrected chi connectivity index (χ4v) is 9.44. The third kappa shape index (κ3) is 8.16. The van der Waals surface area contributed by atoms with Crippen LogP contribution in [0.4, 0.5) is 0 Å². The van der Waals surface area contributed by atoms with Crippen LogP contribution in [0.3, 0.4) is 0 Å². The van der Waals surface area contributed by atoms with Crippen molar-refractivity contribution in [3.63, 3.8) is 0 Å². The molecule has 0 saturated carbocycles. The van der Waals surface area contributed by atoms with Gasteiger partial charge in [-0.15, -0.1) is 0 Å². The minimum Gasteiger partial charge on any atom is -0.377 e. The van der Waals surface area contributed by atoms with Crippen LogP contribution in [0.2, 0.25) is 12.1 Å². The summed E-state index contributed by atoms with van der Waals surface area (Å²) in [6, 6.07) is 11.6. The van der Waals surface area contributed by atoms with Crippen LogP contribution >= 0.6 is 6.34 Å². The SMILES string of the molecule is CO[Si](CCCNP(=S)(NCCC[Si](OC)(OC)OC)c1ccccc1)(OC)OC. The first-order valence-electron chi connectivity index (χ1n) is 9.85. The fraction of sp³-hybridized carbons (Fsp3) is 0.667. The lowest BCUT2D eigenvalue weighted by Crippen LogP contribution is -2.43. The molecule has 0 heterocycles. The van der Waals surface area contributed by atoms with Gasteiger partial charge in [-0.2, -0.15) is 0 Å². The number of benzene rings is 1. The van der Waals surface area contributed by atoms with Gasteiger partial charge in [0.05, 0.1) is 0 Å². The highest BCUT2D eigenvalue weighted by molar-refractivity contribution is 8.16. The average molecular weight is 497 g/mol. The molecule has 1 aromatic rings. The first-order valence-corrected chi connectivity index (χ1v) is 16.5. The van der Waals surface area contributed by atoms with Gasteiger partial charge < -0.3 is 26.6 Å². The van der Waals surface area contributed by atoms with E-state index >= 15 is 0 Å². The van der Waals surface area contributed by atoms with Crippen molar-refractivity contribution < 1.29 is 26.6 Å². The molecule has 1 aromatic carbocycles. The average Bonchev–Trinajstić information content (AvgIpc) is 2.81. The van der Waals surface area contributed by atoms with Crippen LogP contribution in [0.5, 0.6) is 0 Å². The van der Waals surface area contributed by atoms with Gasteiger partial charge in [-0.3, -0.25) is 10.2 Å². The molecule has 0 aliphatic heterocycles. The molecule has 0 aliphatic rings. The summed E-state index contributed by atoms with van der Waals surface area (Å²) in [6.45, 7) is 1.47.